The Morgan fingerprint density at radius 3 is 2.70 bits per heavy atom. The second-order valence-corrected chi connectivity index (χ2v) is 13.7. The lowest BCUT2D eigenvalue weighted by Gasteiger charge is -2.54. The Hall–Kier alpha value is -3.87. The van der Waals surface area contributed by atoms with Crippen LogP contribution >= 0.6 is 11.6 Å². The second kappa shape index (κ2) is 13.1. The lowest BCUT2D eigenvalue weighted by molar-refractivity contribution is -0.128. The van der Waals surface area contributed by atoms with E-state index >= 15 is 0 Å². The molecule has 1 amide bonds. The molecule has 3 aromatic rings. The minimum Gasteiger partial charge on any atom is -0.461 e. The molecule has 3 heterocycles. The summed E-state index contributed by atoms with van der Waals surface area (Å²) in [5.41, 5.74) is 3.74. The summed E-state index contributed by atoms with van der Waals surface area (Å²) in [4.78, 5) is 32.4. The summed E-state index contributed by atoms with van der Waals surface area (Å²) >= 11 is 6.71. The zero-order valence-electron chi connectivity index (χ0n) is 26.3. The van der Waals surface area contributed by atoms with E-state index in [0.29, 0.717) is 56.7 Å². The van der Waals surface area contributed by atoms with Crippen LogP contribution in [0.3, 0.4) is 0 Å². The van der Waals surface area contributed by atoms with Crippen molar-refractivity contribution in [2.75, 3.05) is 62.3 Å². The van der Waals surface area contributed by atoms with Crippen molar-refractivity contribution in [1.82, 2.24) is 14.9 Å². The Kier molecular flexibility index (Phi) is 8.76. The second-order valence-electron chi connectivity index (χ2n) is 13.3. The third kappa shape index (κ3) is 6.01. The molecule has 0 bridgehead atoms. The van der Waals surface area contributed by atoms with E-state index in [1.54, 1.807) is 4.90 Å². The standard InChI is InChI=1S/C36H41ClN6O3/c1-3-32(44)43-16-15-42(22-27(43)21-38-2)34-28-11-14-41(31-10-5-8-26-7-4-9-29(37)33(26)31)23-30(28)39-35(40-34)46-18-17-45-24-25-19-36(20-25)12-6-13-36/h3-5,7-10,25,27H,1,6,11-24H2/t27-/m0/s1. The molecule has 1 saturated heterocycles. The Labute approximate surface area is 275 Å². The van der Waals surface area contributed by atoms with Crippen LogP contribution in [-0.4, -0.2) is 79.4 Å². The van der Waals surface area contributed by atoms with Gasteiger partial charge in [-0.3, -0.25) is 4.79 Å². The molecular formula is C36H41ClN6O3. The Morgan fingerprint density at radius 2 is 1.93 bits per heavy atom. The number of hydrogen-bond donors (Lipinski definition) is 0. The molecule has 46 heavy (non-hydrogen) atoms. The largest absolute Gasteiger partial charge is 0.461 e. The highest BCUT2D eigenvalue weighted by atomic mass is 35.5. The Bertz CT molecular complexity index is 1660. The number of halogens is 1. The van der Waals surface area contributed by atoms with Gasteiger partial charge in [-0.1, -0.05) is 48.9 Å². The molecule has 3 fully saturated rings. The number of hydrogen-bond acceptors (Lipinski definition) is 7. The van der Waals surface area contributed by atoms with Gasteiger partial charge in [0, 0.05) is 49.4 Å². The lowest BCUT2D eigenvalue weighted by Crippen LogP contribution is -2.56. The first-order chi connectivity index (χ1) is 22.5. The fourth-order valence-electron chi connectivity index (χ4n) is 7.99. The SMILES string of the molecule is [C-]#[N+]C[C@H]1CN(c2nc(OCCOCC3CC4(CCC4)C3)nc3c2CCN(c2cccc4cccc(Cl)c24)C3)CCN1C(=O)C=C. The van der Waals surface area contributed by atoms with Crippen molar-refractivity contribution >= 4 is 39.8 Å². The number of rotatable bonds is 10. The van der Waals surface area contributed by atoms with Crippen LogP contribution < -0.4 is 14.5 Å². The van der Waals surface area contributed by atoms with Gasteiger partial charge in [-0.25, -0.2) is 6.57 Å². The molecule has 10 heteroatoms. The predicted octanol–water partition coefficient (Wildman–Crippen LogP) is 5.94. The van der Waals surface area contributed by atoms with E-state index in [2.05, 4.69) is 45.5 Å². The smallest absolute Gasteiger partial charge is 0.318 e. The number of anilines is 2. The van der Waals surface area contributed by atoms with Gasteiger partial charge in [-0.05, 0) is 67.0 Å². The summed E-state index contributed by atoms with van der Waals surface area (Å²) in [5.74, 6) is 1.36. The lowest BCUT2D eigenvalue weighted by atomic mass is 9.52. The monoisotopic (exact) mass is 640 g/mol. The van der Waals surface area contributed by atoms with Crippen molar-refractivity contribution in [1.29, 1.82) is 0 Å². The number of nitrogens with zero attached hydrogens (tertiary/aromatic N) is 6. The number of fused-ring (bicyclic) bond motifs is 2. The average molecular weight is 641 g/mol. The topological polar surface area (TPSA) is 75.4 Å². The highest BCUT2D eigenvalue weighted by Crippen LogP contribution is 2.58. The van der Waals surface area contributed by atoms with E-state index in [1.807, 2.05) is 12.1 Å². The van der Waals surface area contributed by atoms with Crippen LogP contribution in [0.4, 0.5) is 11.5 Å². The number of ether oxygens (including phenoxy) is 2. The number of amides is 1. The third-order valence-corrected chi connectivity index (χ3v) is 10.7. The number of aromatic nitrogens is 2. The molecule has 1 aromatic heterocycles. The normalized spacial score (nSPS) is 20.5. The van der Waals surface area contributed by atoms with Gasteiger partial charge in [0.05, 0.1) is 23.9 Å². The van der Waals surface area contributed by atoms with Gasteiger partial charge in [0.15, 0.2) is 0 Å². The molecule has 240 valence electrons. The molecule has 4 aliphatic rings. The van der Waals surface area contributed by atoms with Crippen molar-refractivity contribution in [3.63, 3.8) is 0 Å². The van der Waals surface area contributed by atoms with Crippen molar-refractivity contribution in [3.05, 3.63) is 76.8 Å². The summed E-state index contributed by atoms with van der Waals surface area (Å²) in [6.45, 7) is 16.0. The summed E-state index contributed by atoms with van der Waals surface area (Å²) in [6, 6.07) is 12.4. The van der Waals surface area contributed by atoms with Crippen LogP contribution in [0.2, 0.25) is 5.02 Å². The van der Waals surface area contributed by atoms with Crippen molar-refractivity contribution in [2.45, 2.75) is 51.1 Å². The molecule has 2 aliphatic heterocycles. The minimum atomic E-state index is -0.247. The van der Waals surface area contributed by atoms with Gasteiger partial charge in [0.1, 0.15) is 18.5 Å². The van der Waals surface area contributed by atoms with E-state index in [-0.39, 0.29) is 18.5 Å². The molecular weight excluding hydrogens is 600 g/mol. The predicted molar refractivity (Wildman–Crippen MR) is 180 cm³/mol. The highest BCUT2D eigenvalue weighted by Gasteiger charge is 2.47. The van der Waals surface area contributed by atoms with E-state index < -0.39 is 0 Å². The molecule has 2 aliphatic carbocycles. The molecule has 0 radical (unpaired) electrons. The molecule has 1 atom stereocenters. The molecule has 2 aromatic carbocycles. The highest BCUT2D eigenvalue weighted by molar-refractivity contribution is 6.36. The van der Waals surface area contributed by atoms with Gasteiger partial charge in [-0.2, -0.15) is 9.97 Å². The van der Waals surface area contributed by atoms with Gasteiger partial charge in [0.25, 0.3) is 0 Å². The number of carbonyl (C=O) groups excluding carboxylic acids is 1. The van der Waals surface area contributed by atoms with Crippen LogP contribution in [0.5, 0.6) is 6.01 Å². The van der Waals surface area contributed by atoms with Crippen LogP contribution in [0, 0.1) is 17.9 Å². The van der Waals surface area contributed by atoms with Gasteiger partial charge < -0.3 is 29.0 Å². The van der Waals surface area contributed by atoms with E-state index in [9.17, 15) is 4.79 Å². The fraction of sp³-hybridized carbons (Fsp3) is 0.500. The Morgan fingerprint density at radius 1 is 1.11 bits per heavy atom. The number of benzene rings is 2. The zero-order valence-corrected chi connectivity index (χ0v) is 27.1. The summed E-state index contributed by atoms with van der Waals surface area (Å²) in [7, 11) is 0. The van der Waals surface area contributed by atoms with E-state index in [4.69, 9.17) is 37.6 Å². The van der Waals surface area contributed by atoms with Gasteiger partial charge in [0.2, 0.25) is 12.5 Å². The zero-order chi connectivity index (χ0) is 31.7. The quantitative estimate of drug-likeness (QED) is 0.154. The molecule has 1 spiro atoms. The first kappa shape index (κ1) is 30.8. The van der Waals surface area contributed by atoms with Crippen molar-refractivity contribution in [2.24, 2.45) is 11.3 Å². The minimum absolute atomic E-state index is 0.142. The maximum Gasteiger partial charge on any atom is 0.318 e. The van der Waals surface area contributed by atoms with Crippen molar-refractivity contribution < 1.29 is 14.3 Å². The molecule has 2 saturated carbocycles. The van der Waals surface area contributed by atoms with Crippen LogP contribution in [0.1, 0.15) is 43.4 Å². The first-order valence-corrected chi connectivity index (χ1v) is 16.9. The summed E-state index contributed by atoms with van der Waals surface area (Å²) in [5, 5.41) is 2.87. The Balaban J connectivity index is 1.11. The molecule has 0 N–H and O–H groups in total. The fourth-order valence-corrected chi connectivity index (χ4v) is 8.27. The van der Waals surface area contributed by atoms with Crippen LogP contribution in [-0.2, 0) is 22.5 Å². The van der Waals surface area contributed by atoms with Gasteiger partial charge in [-0.15, -0.1) is 0 Å². The average Bonchev–Trinajstić information content (AvgIpc) is 3.03. The summed E-state index contributed by atoms with van der Waals surface area (Å²) < 4.78 is 12.2. The molecule has 0 unspecified atom stereocenters. The maximum atomic E-state index is 12.6. The first-order valence-electron chi connectivity index (χ1n) is 16.5. The van der Waals surface area contributed by atoms with Crippen molar-refractivity contribution in [3.8, 4) is 6.01 Å². The van der Waals surface area contributed by atoms with Gasteiger partial charge >= 0.3 is 6.01 Å². The van der Waals surface area contributed by atoms with Crippen LogP contribution in [0.25, 0.3) is 15.6 Å². The number of carbonyl (C=O) groups is 1. The third-order valence-electron chi connectivity index (χ3n) is 10.4. The maximum absolute atomic E-state index is 12.6. The number of piperazine rings is 1. The molecule has 9 nitrogen and oxygen atoms in total. The van der Waals surface area contributed by atoms with E-state index in [1.165, 1.54) is 38.2 Å². The molecule has 7 rings (SSSR count). The summed E-state index contributed by atoms with van der Waals surface area (Å²) in [6.07, 6.45) is 8.88. The van der Waals surface area contributed by atoms with Crippen LogP contribution in [0.15, 0.2) is 49.1 Å². The van der Waals surface area contributed by atoms with E-state index in [0.717, 1.165) is 58.1 Å².